The van der Waals surface area contributed by atoms with Crippen LogP contribution in [0.4, 0.5) is 8.78 Å². The molecule has 0 fully saturated rings. The van der Waals surface area contributed by atoms with Crippen LogP contribution in [0.25, 0.3) is 0 Å². The van der Waals surface area contributed by atoms with Crippen molar-refractivity contribution in [3.8, 4) is 0 Å². The van der Waals surface area contributed by atoms with Gasteiger partial charge in [0.15, 0.2) is 12.1 Å². The summed E-state index contributed by atoms with van der Waals surface area (Å²) < 4.78 is 25.0. The third-order valence-corrected chi connectivity index (χ3v) is 2.24. The van der Waals surface area contributed by atoms with Gasteiger partial charge in [0.05, 0.1) is 5.02 Å². The Bertz CT molecular complexity index is 416. The summed E-state index contributed by atoms with van der Waals surface area (Å²) in [4.78, 5) is 21.6. The number of carbonyl (C=O) groups is 2. The zero-order valence-corrected chi connectivity index (χ0v) is 8.52. The van der Waals surface area contributed by atoms with Gasteiger partial charge in [-0.3, -0.25) is 9.59 Å². The molecule has 0 radical (unpaired) electrons. The molecule has 0 N–H and O–H groups in total. The molecule has 0 saturated carbocycles. The van der Waals surface area contributed by atoms with Crippen LogP contribution in [0.5, 0.6) is 0 Å². The molecule has 0 atom stereocenters. The number of ketones is 1. The molecule has 80 valence electrons. The number of hydrogen-bond donors (Lipinski definition) is 0. The zero-order chi connectivity index (χ0) is 11.6. The summed E-state index contributed by atoms with van der Waals surface area (Å²) in [5.74, 6) is -0.523. The molecular formula is C10H7ClF2O2. The summed E-state index contributed by atoms with van der Waals surface area (Å²) in [6.07, 6.45) is -2.37. The van der Waals surface area contributed by atoms with E-state index in [4.69, 9.17) is 11.6 Å². The Morgan fingerprint density at radius 3 is 2.47 bits per heavy atom. The predicted octanol–water partition coefficient (Wildman–Crippen LogP) is 3.29. The molecule has 0 amide bonds. The van der Waals surface area contributed by atoms with Crippen molar-refractivity contribution in [3.63, 3.8) is 0 Å². The van der Waals surface area contributed by atoms with Gasteiger partial charge in [0.2, 0.25) is 0 Å². The number of alkyl halides is 2. The normalized spacial score (nSPS) is 10.5. The van der Waals surface area contributed by atoms with E-state index in [1.807, 2.05) is 0 Å². The maximum absolute atomic E-state index is 12.5. The van der Waals surface area contributed by atoms with E-state index in [-0.39, 0.29) is 16.1 Å². The van der Waals surface area contributed by atoms with Crippen LogP contribution in [0.2, 0.25) is 5.02 Å². The lowest BCUT2D eigenvalue weighted by Gasteiger charge is -2.08. The Balaban J connectivity index is 3.45. The van der Waals surface area contributed by atoms with Gasteiger partial charge in [0, 0.05) is 16.7 Å². The van der Waals surface area contributed by atoms with Crippen molar-refractivity contribution < 1.29 is 18.4 Å². The third kappa shape index (κ3) is 2.39. The van der Waals surface area contributed by atoms with Crippen LogP contribution in [0.3, 0.4) is 0 Å². The first-order valence-corrected chi connectivity index (χ1v) is 4.43. The SMILES string of the molecule is CC(=O)c1cc(C=O)c(Cl)cc1C(F)F. The molecular weight excluding hydrogens is 226 g/mol. The summed E-state index contributed by atoms with van der Waals surface area (Å²) >= 11 is 5.57. The monoisotopic (exact) mass is 232 g/mol. The van der Waals surface area contributed by atoms with E-state index in [0.717, 1.165) is 19.1 Å². The molecule has 5 heteroatoms. The molecule has 0 saturated heterocycles. The van der Waals surface area contributed by atoms with Crippen LogP contribution in [-0.4, -0.2) is 12.1 Å². The number of carbonyl (C=O) groups excluding carboxylic acids is 2. The average Bonchev–Trinajstić information content (AvgIpc) is 2.16. The molecule has 0 aliphatic rings. The van der Waals surface area contributed by atoms with Crippen LogP contribution in [0.15, 0.2) is 12.1 Å². The maximum atomic E-state index is 12.5. The number of halogens is 3. The minimum atomic E-state index is -2.79. The van der Waals surface area contributed by atoms with E-state index in [2.05, 4.69) is 0 Å². The van der Waals surface area contributed by atoms with Gasteiger partial charge >= 0.3 is 0 Å². The van der Waals surface area contributed by atoms with Crippen LogP contribution in [-0.2, 0) is 0 Å². The average molecular weight is 233 g/mol. The number of Topliss-reactive ketones (excluding diaryl/α,β-unsaturated/α-hetero) is 1. The molecule has 1 aromatic rings. The lowest BCUT2D eigenvalue weighted by molar-refractivity contribution is 0.0999. The second kappa shape index (κ2) is 4.49. The number of benzene rings is 1. The predicted molar refractivity (Wildman–Crippen MR) is 51.8 cm³/mol. The standard InChI is InChI=1S/C10H7ClF2O2/c1-5(15)7-2-6(4-14)9(11)3-8(7)10(12)13/h2-4,10H,1H3. The number of rotatable bonds is 3. The first-order valence-electron chi connectivity index (χ1n) is 4.05. The summed E-state index contributed by atoms with van der Waals surface area (Å²) in [5, 5.41) is -0.0784. The largest absolute Gasteiger partial charge is 0.298 e. The summed E-state index contributed by atoms with van der Waals surface area (Å²) in [7, 11) is 0. The highest BCUT2D eigenvalue weighted by Gasteiger charge is 2.18. The minimum Gasteiger partial charge on any atom is -0.298 e. The molecule has 1 aromatic carbocycles. The van der Waals surface area contributed by atoms with Crippen LogP contribution in [0, 0.1) is 0 Å². The molecule has 0 aliphatic heterocycles. The molecule has 0 unspecified atom stereocenters. The minimum absolute atomic E-state index is 0.0336. The van der Waals surface area contributed by atoms with Crippen LogP contribution >= 0.6 is 11.6 Å². The van der Waals surface area contributed by atoms with E-state index >= 15 is 0 Å². The van der Waals surface area contributed by atoms with E-state index in [1.165, 1.54) is 0 Å². The van der Waals surface area contributed by atoms with Gasteiger partial charge in [-0.1, -0.05) is 11.6 Å². The van der Waals surface area contributed by atoms with Gasteiger partial charge in [-0.05, 0) is 19.1 Å². The highest BCUT2D eigenvalue weighted by Crippen LogP contribution is 2.28. The van der Waals surface area contributed by atoms with Gasteiger partial charge in [-0.15, -0.1) is 0 Å². The number of hydrogen-bond acceptors (Lipinski definition) is 2. The quantitative estimate of drug-likeness (QED) is 0.592. The lowest BCUT2D eigenvalue weighted by atomic mass is 10.0. The smallest absolute Gasteiger partial charge is 0.264 e. The van der Waals surface area contributed by atoms with Gasteiger partial charge in [-0.2, -0.15) is 0 Å². The molecule has 0 bridgehead atoms. The Kier molecular flexibility index (Phi) is 3.52. The summed E-state index contributed by atoms with van der Waals surface area (Å²) in [6, 6.07) is 2.03. The zero-order valence-electron chi connectivity index (χ0n) is 7.76. The Hall–Kier alpha value is -1.29. The van der Waals surface area contributed by atoms with E-state index in [9.17, 15) is 18.4 Å². The molecule has 0 heterocycles. The highest BCUT2D eigenvalue weighted by molar-refractivity contribution is 6.33. The van der Waals surface area contributed by atoms with E-state index < -0.39 is 17.8 Å². The van der Waals surface area contributed by atoms with E-state index in [1.54, 1.807) is 0 Å². The topological polar surface area (TPSA) is 34.1 Å². The van der Waals surface area contributed by atoms with Gasteiger partial charge < -0.3 is 0 Å². The van der Waals surface area contributed by atoms with Crippen molar-refractivity contribution in [1.82, 2.24) is 0 Å². The van der Waals surface area contributed by atoms with Gasteiger partial charge in [-0.25, -0.2) is 8.78 Å². The van der Waals surface area contributed by atoms with Crippen molar-refractivity contribution >= 4 is 23.7 Å². The molecule has 15 heavy (non-hydrogen) atoms. The molecule has 1 rings (SSSR count). The highest BCUT2D eigenvalue weighted by atomic mass is 35.5. The van der Waals surface area contributed by atoms with E-state index in [0.29, 0.717) is 6.29 Å². The second-order valence-electron chi connectivity index (χ2n) is 2.94. The first-order chi connectivity index (χ1) is 6.97. The molecule has 0 spiro atoms. The first kappa shape index (κ1) is 11.8. The Morgan fingerprint density at radius 2 is 2.07 bits per heavy atom. The molecule has 0 aliphatic carbocycles. The third-order valence-electron chi connectivity index (χ3n) is 1.91. The second-order valence-corrected chi connectivity index (χ2v) is 3.34. The van der Waals surface area contributed by atoms with Crippen molar-refractivity contribution in [2.75, 3.05) is 0 Å². The molecule has 0 aromatic heterocycles. The fraction of sp³-hybridized carbons (Fsp3) is 0.200. The fourth-order valence-corrected chi connectivity index (χ4v) is 1.40. The van der Waals surface area contributed by atoms with Crippen LogP contribution in [0.1, 0.15) is 39.6 Å². The number of aldehydes is 1. The van der Waals surface area contributed by atoms with Crippen molar-refractivity contribution in [3.05, 3.63) is 33.8 Å². The van der Waals surface area contributed by atoms with Crippen molar-refractivity contribution in [2.24, 2.45) is 0 Å². The van der Waals surface area contributed by atoms with Gasteiger partial charge in [0.25, 0.3) is 6.43 Å². The Morgan fingerprint density at radius 1 is 1.47 bits per heavy atom. The van der Waals surface area contributed by atoms with Gasteiger partial charge in [0.1, 0.15) is 0 Å². The maximum Gasteiger partial charge on any atom is 0.264 e. The van der Waals surface area contributed by atoms with Crippen molar-refractivity contribution in [1.29, 1.82) is 0 Å². The Labute approximate surface area is 89.8 Å². The lowest BCUT2D eigenvalue weighted by Crippen LogP contribution is -2.02. The fourth-order valence-electron chi connectivity index (χ4n) is 1.18. The summed E-state index contributed by atoms with van der Waals surface area (Å²) in [6.45, 7) is 1.16. The molecule has 2 nitrogen and oxygen atoms in total. The summed E-state index contributed by atoms with van der Waals surface area (Å²) in [5.41, 5.74) is -0.583. The van der Waals surface area contributed by atoms with Crippen molar-refractivity contribution in [2.45, 2.75) is 13.3 Å². The van der Waals surface area contributed by atoms with Crippen LogP contribution < -0.4 is 0 Å².